The maximum atomic E-state index is 12.1. The third kappa shape index (κ3) is 3.41. The molecular formula is C14H15BrClN3O. The first-order chi connectivity index (χ1) is 9.49. The van der Waals surface area contributed by atoms with Crippen molar-refractivity contribution in [3.8, 4) is 0 Å². The topological polar surface area (TPSA) is 57.8 Å². The van der Waals surface area contributed by atoms with Crippen molar-refractivity contribution in [3.63, 3.8) is 0 Å². The van der Waals surface area contributed by atoms with E-state index in [1.54, 1.807) is 12.1 Å². The van der Waals surface area contributed by atoms with Gasteiger partial charge in [0.1, 0.15) is 0 Å². The maximum Gasteiger partial charge on any atom is 0.273 e. The van der Waals surface area contributed by atoms with Crippen molar-refractivity contribution in [2.24, 2.45) is 0 Å². The third-order valence-corrected chi connectivity index (χ3v) is 3.95. The Balaban J connectivity index is 2.03. The van der Waals surface area contributed by atoms with Crippen LogP contribution in [0.3, 0.4) is 0 Å². The summed E-state index contributed by atoms with van der Waals surface area (Å²) >= 11 is 9.23. The van der Waals surface area contributed by atoms with Gasteiger partial charge in [0.15, 0.2) is 5.69 Å². The number of H-pyrrole nitrogens is 1. The minimum Gasteiger partial charge on any atom is -0.347 e. The van der Waals surface area contributed by atoms with Gasteiger partial charge in [0.25, 0.3) is 5.91 Å². The largest absolute Gasteiger partial charge is 0.347 e. The molecule has 1 aromatic heterocycles. The van der Waals surface area contributed by atoms with Crippen LogP contribution in [0, 0.1) is 0 Å². The van der Waals surface area contributed by atoms with Crippen molar-refractivity contribution < 1.29 is 4.79 Å². The number of rotatable bonds is 4. The van der Waals surface area contributed by atoms with Crippen LogP contribution in [0.2, 0.25) is 5.02 Å². The standard InChI is InChI=1S/C14H15BrClN3O/c1-8(2)12-11(15)13(19-18-12)14(20)17-7-9-3-5-10(16)6-4-9/h3-6,8H,7H2,1-2H3,(H,17,20)(H,18,19). The number of halogens is 2. The Morgan fingerprint density at radius 1 is 1.40 bits per heavy atom. The van der Waals surface area contributed by atoms with Gasteiger partial charge < -0.3 is 5.32 Å². The first-order valence-corrected chi connectivity index (χ1v) is 7.42. The lowest BCUT2D eigenvalue weighted by Gasteiger charge is -2.05. The van der Waals surface area contributed by atoms with E-state index >= 15 is 0 Å². The molecule has 1 aromatic carbocycles. The first kappa shape index (κ1) is 15.1. The second kappa shape index (κ2) is 6.41. The van der Waals surface area contributed by atoms with Gasteiger partial charge in [-0.25, -0.2) is 0 Å². The van der Waals surface area contributed by atoms with Crippen LogP contribution in [0.5, 0.6) is 0 Å². The second-order valence-corrected chi connectivity index (χ2v) is 5.99. The first-order valence-electron chi connectivity index (χ1n) is 6.25. The SMILES string of the molecule is CC(C)c1[nH]nc(C(=O)NCc2ccc(Cl)cc2)c1Br. The summed E-state index contributed by atoms with van der Waals surface area (Å²) in [7, 11) is 0. The Kier molecular flexibility index (Phi) is 4.83. The molecule has 0 atom stereocenters. The fourth-order valence-electron chi connectivity index (χ4n) is 1.74. The monoisotopic (exact) mass is 355 g/mol. The highest BCUT2D eigenvalue weighted by atomic mass is 79.9. The molecule has 0 aliphatic rings. The normalized spacial score (nSPS) is 10.8. The lowest BCUT2D eigenvalue weighted by Crippen LogP contribution is -2.23. The fraction of sp³-hybridized carbons (Fsp3) is 0.286. The molecule has 2 rings (SSSR count). The zero-order chi connectivity index (χ0) is 14.7. The van der Waals surface area contributed by atoms with Gasteiger partial charge in [0.2, 0.25) is 0 Å². The number of carbonyl (C=O) groups is 1. The van der Waals surface area contributed by atoms with E-state index in [0.717, 1.165) is 15.7 Å². The van der Waals surface area contributed by atoms with Gasteiger partial charge in [0, 0.05) is 11.6 Å². The second-order valence-electron chi connectivity index (χ2n) is 4.76. The van der Waals surface area contributed by atoms with Gasteiger partial charge in [0.05, 0.1) is 10.2 Å². The third-order valence-electron chi connectivity index (χ3n) is 2.89. The summed E-state index contributed by atoms with van der Waals surface area (Å²) in [6, 6.07) is 7.35. The maximum absolute atomic E-state index is 12.1. The average Bonchev–Trinajstić information content (AvgIpc) is 2.80. The van der Waals surface area contributed by atoms with Crippen molar-refractivity contribution in [1.29, 1.82) is 0 Å². The van der Waals surface area contributed by atoms with Crippen LogP contribution in [0.4, 0.5) is 0 Å². The highest BCUT2D eigenvalue weighted by molar-refractivity contribution is 9.10. The van der Waals surface area contributed by atoms with Crippen LogP contribution < -0.4 is 5.32 Å². The summed E-state index contributed by atoms with van der Waals surface area (Å²) < 4.78 is 0.723. The zero-order valence-electron chi connectivity index (χ0n) is 11.2. The number of nitrogens with one attached hydrogen (secondary N) is 2. The number of hydrogen-bond acceptors (Lipinski definition) is 2. The predicted molar refractivity (Wildman–Crippen MR) is 83.0 cm³/mol. The molecule has 0 unspecified atom stereocenters. The molecule has 2 N–H and O–H groups in total. The number of nitrogens with zero attached hydrogens (tertiary/aromatic N) is 1. The quantitative estimate of drug-likeness (QED) is 0.873. The van der Waals surface area contributed by atoms with E-state index in [-0.39, 0.29) is 11.8 Å². The Bertz CT molecular complexity index is 607. The lowest BCUT2D eigenvalue weighted by molar-refractivity contribution is 0.0945. The molecule has 0 spiro atoms. The summed E-state index contributed by atoms with van der Waals surface area (Å²) in [6.45, 7) is 4.51. The predicted octanol–water partition coefficient (Wildman–Crippen LogP) is 3.88. The van der Waals surface area contributed by atoms with E-state index < -0.39 is 0 Å². The summed E-state index contributed by atoms with van der Waals surface area (Å²) in [5, 5.41) is 10.5. The van der Waals surface area contributed by atoms with Crippen LogP contribution in [-0.2, 0) is 6.54 Å². The summed E-state index contributed by atoms with van der Waals surface area (Å²) in [4.78, 5) is 12.1. The van der Waals surface area contributed by atoms with Crippen molar-refractivity contribution in [1.82, 2.24) is 15.5 Å². The molecule has 0 aliphatic carbocycles. The van der Waals surface area contributed by atoms with Crippen molar-refractivity contribution >= 4 is 33.4 Å². The molecule has 0 saturated carbocycles. The average molecular weight is 357 g/mol. The molecule has 0 radical (unpaired) electrons. The van der Waals surface area contributed by atoms with Crippen molar-refractivity contribution in [3.05, 3.63) is 50.7 Å². The smallest absolute Gasteiger partial charge is 0.273 e. The molecular weight excluding hydrogens is 342 g/mol. The number of amides is 1. The van der Waals surface area contributed by atoms with E-state index in [4.69, 9.17) is 11.6 Å². The number of carbonyl (C=O) groups excluding carboxylic acids is 1. The van der Waals surface area contributed by atoms with Gasteiger partial charge in [-0.1, -0.05) is 37.6 Å². The molecule has 0 fully saturated rings. The number of aromatic amines is 1. The molecule has 0 bridgehead atoms. The van der Waals surface area contributed by atoms with Crippen LogP contribution in [0.25, 0.3) is 0 Å². The number of benzene rings is 1. The van der Waals surface area contributed by atoms with Crippen LogP contribution in [-0.4, -0.2) is 16.1 Å². The Hall–Kier alpha value is -1.33. The van der Waals surface area contributed by atoms with Crippen LogP contribution in [0.1, 0.15) is 41.5 Å². The molecule has 20 heavy (non-hydrogen) atoms. The van der Waals surface area contributed by atoms with E-state index in [1.807, 2.05) is 26.0 Å². The van der Waals surface area contributed by atoms with E-state index in [2.05, 4.69) is 31.4 Å². The zero-order valence-corrected chi connectivity index (χ0v) is 13.5. The Morgan fingerprint density at radius 3 is 2.60 bits per heavy atom. The van der Waals surface area contributed by atoms with E-state index in [9.17, 15) is 4.79 Å². The summed E-state index contributed by atoms with van der Waals surface area (Å²) in [5.41, 5.74) is 2.28. The minimum absolute atomic E-state index is 0.213. The van der Waals surface area contributed by atoms with Gasteiger partial charge in [-0.15, -0.1) is 0 Å². The van der Waals surface area contributed by atoms with Gasteiger partial charge in [-0.3, -0.25) is 9.89 Å². The van der Waals surface area contributed by atoms with Gasteiger partial charge in [-0.2, -0.15) is 5.10 Å². The molecule has 0 aliphatic heterocycles. The van der Waals surface area contributed by atoms with Gasteiger partial charge >= 0.3 is 0 Å². The summed E-state index contributed by atoms with van der Waals surface area (Å²) in [5.74, 6) is 0.0599. The molecule has 2 aromatic rings. The van der Waals surface area contributed by atoms with Crippen LogP contribution in [0.15, 0.2) is 28.7 Å². The van der Waals surface area contributed by atoms with Crippen molar-refractivity contribution in [2.45, 2.75) is 26.3 Å². The van der Waals surface area contributed by atoms with E-state index in [0.29, 0.717) is 17.3 Å². The number of aromatic nitrogens is 2. The highest BCUT2D eigenvalue weighted by Gasteiger charge is 2.18. The molecule has 0 saturated heterocycles. The molecule has 106 valence electrons. The molecule has 1 amide bonds. The van der Waals surface area contributed by atoms with Crippen molar-refractivity contribution in [2.75, 3.05) is 0 Å². The molecule has 4 nitrogen and oxygen atoms in total. The lowest BCUT2D eigenvalue weighted by atomic mass is 10.1. The number of hydrogen-bond donors (Lipinski definition) is 2. The van der Waals surface area contributed by atoms with Gasteiger partial charge in [-0.05, 0) is 39.5 Å². The minimum atomic E-state index is -0.213. The summed E-state index contributed by atoms with van der Waals surface area (Å²) in [6.07, 6.45) is 0. The highest BCUT2D eigenvalue weighted by Crippen LogP contribution is 2.25. The molecule has 6 heteroatoms. The van der Waals surface area contributed by atoms with E-state index in [1.165, 1.54) is 0 Å². The Labute approximate surface area is 131 Å². The van der Waals surface area contributed by atoms with Crippen LogP contribution >= 0.6 is 27.5 Å². The molecule has 1 heterocycles. The fourth-order valence-corrected chi connectivity index (χ4v) is 2.68. The Morgan fingerprint density at radius 2 is 2.05 bits per heavy atom.